The second-order valence-electron chi connectivity index (χ2n) is 4.50. The maximum atomic E-state index is 12.4. The van der Waals surface area contributed by atoms with Crippen LogP contribution in [0.1, 0.15) is 17.3 Å². The molecule has 0 aliphatic heterocycles. The summed E-state index contributed by atoms with van der Waals surface area (Å²) in [4.78, 5) is 13.4. The molecule has 0 aromatic heterocycles. The van der Waals surface area contributed by atoms with Crippen LogP contribution in [0.15, 0.2) is 53.4 Å². The molecule has 0 bridgehead atoms. The smallest absolute Gasteiger partial charge is 0.175 e. The number of hydrogen-bond acceptors (Lipinski definition) is 4. The summed E-state index contributed by atoms with van der Waals surface area (Å²) in [5.41, 5.74) is 0.686. The Hall–Kier alpha value is -1.94. The molecule has 2 rings (SSSR count). The number of benzene rings is 2. The lowest BCUT2D eigenvalue weighted by atomic mass is 10.1. The molecule has 1 unspecified atom stereocenters. The van der Waals surface area contributed by atoms with Gasteiger partial charge in [-0.05, 0) is 43.3 Å². The Bertz CT molecular complexity index is 608. The summed E-state index contributed by atoms with van der Waals surface area (Å²) in [6.07, 6.45) is 0. The number of Topliss-reactive ketones (excluding diaryl/α,β-unsaturated/α-hetero) is 1. The average molecular weight is 302 g/mol. The van der Waals surface area contributed by atoms with E-state index in [0.29, 0.717) is 5.56 Å². The lowest BCUT2D eigenvalue weighted by Gasteiger charge is -2.13. The van der Waals surface area contributed by atoms with Crippen molar-refractivity contribution in [1.82, 2.24) is 0 Å². The van der Waals surface area contributed by atoms with E-state index in [1.54, 1.807) is 38.5 Å². The normalized spacial score (nSPS) is 11.8. The molecule has 0 aliphatic carbocycles. The first-order chi connectivity index (χ1) is 10.2. The predicted molar refractivity (Wildman–Crippen MR) is 85.6 cm³/mol. The lowest BCUT2D eigenvalue weighted by molar-refractivity contribution is 0.0994. The van der Waals surface area contributed by atoms with E-state index in [9.17, 15) is 4.79 Å². The minimum atomic E-state index is -0.185. The number of rotatable bonds is 6. The van der Waals surface area contributed by atoms with Gasteiger partial charge in [-0.1, -0.05) is 12.1 Å². The van der Waals surface area contributed by atoms with E-state index >= 15 is 0 Å². The Morgan fingerprint density at radius 2 is 1.67 bits per heavy atom. The van der Waals surface area contributed by atoms with Gasteiger partial charge in [0.2, 0.25) is 0 Å². The van der Waals surface area contributed by atoms with E-state index < -0.39 is 0 Å². The number of carbonyl (C=O) groups is 1. The Morgan fingerprint density at radius 3 is 2.29 bits per heavy atom. The monoisotopic (exact) mass is 302 g/mol. The van der Waals surface area contributed by atoms with Gasteiger partial charge in [0.15, 0.2) is 5.78 Å². The zero-order valence-electron chi connectivity index (χ0n) is 12.3. The first kappa shape index (κ1) is 15.4. The van der Waals surface area contributed by atoms with Crippen LogP contribution >= 0.6 is 11.8 Å². The van der Waals surface area contributed by atoms with Gasteiger partial charge in [-0.2, -0.15) is 0 Å². The van der Waals surface area contributed by atoms with Crippen LogP contribution in [0.2, 0.25) is 0 Å². The van der Waals surface area contributed by atoms with Gasteiger partial charge in [-0.25, -0.2) is 0 Å². The number of ether oxygens (including phenoxy) is 2. The number of hydrogen-bond donors (Lipinski definition) is 0. The molecular formula is C17H18O3S. The van der Waals surface area contributed by atoms with Gasteiger partial charge in [0.05, 0.1) is 24.4 Å². The summed E-state index contributed by atoms with van der Waals surface area (Å²) in [6, 6.07) is 14.9. The third kappa shape index (κ3) is 3.79. The van der Waals surface area contributed by atoms with E-state index in [1.165, 1.54) is 11.8 Å². The standard InChI is InChI=1S/C17H18O3S/c1-12(21-16-7-5-4-6-15(16)20-3)17(18)13-8-10-14(19-2)11-9-13/h4-12H,1-3H3. The molecule has 0 saturated heterocycles. The molecule has 2 aromatic carbocycles. The van der Waals surface area contributed by atoms with E-state index in [2.05, 4.69) is 0 Å². The maximum Gasteiger partial charge on any atom is 0.175 e. The molecule has 0 heterocycles. The van der Waals surface area contributed by atoms with Gasteiger partial charge in [0, 0.05) is 5.56 Å². The van der Waals surface area contributed by atoms with Crippen LogP contribution < -0.4 is 9.47 Å². The highest BCUT2D eigenvalue weighted by Gasteiger charge is 2.18. The van der Waals surface area contributed by atoms with Crippen LogP contribution in [-0.4, -0.2) is 25.3 Å². The van der Waals surface area contributed by atoms with Gasteiger partial charge in [0.1, 0.15) is 11.5 Å². The van der Waals surface area contributed by atoms with Crippen LogP contribution in [-0.2, 0) is 0 Å². The second kappa shape index (κ2) is 7.18. The van der Waals surface area contributed by atoms with Crippen molar-refractivity contribution < 1.29 is 14.3 Å². The molecule has 4 heteroatoms. The molecule has 3 nitrogen and oxygen atoms in total. The largest absolute Gasteiger partial charge is 0.497 e. The number of methoxy groups -OCH3 is 2. The van der Waals surface area contributed by atoms with E-state index in [4.69, 9.17) is 9.47 Å². The highest BCUT2D eigenvalue weighted by molar-refractivity contribution is 8.00. The summed E-state index contributed by atoms with van der Waals surface area (Å²) >= 11 is 1.50. The maximum absolute atomic E-state index is 12.4. The molecular weight excluding hydrogens is 284 g/mol. The minimum absolute atomic E-state index is 0.0913. The average Bonchev–Trinajstić information content (AvgIpc) is 2.54. The van der Waals surface area contributed by atoms with Crippen LogP contribution in [0.25, 0.3) is 0 Å². The number of carbonyl (C=O) groups excluding carboxylic acids is 1. The molecule has 0 fully saturated rings. The predicted octanol–water partition coefficient (Wildman–Crippen LogP) is 4.07. The zero-order chi connectivity index (χ0) is 15.2. The molecule has 0 aliphatic rings. The summed E-state index contributed by atoms with van der Waals surface area (Å²) in [5, 5.41) is -0.185. The number of para-hydroxylation sites is 1. The van der Waals surface area contributed by atoms with Crippen molar-refractivity contribution in [1.29, 1.82) is 0 Å². The molecule has 0 saturated carbocycles. The second-order valence-corrected chi connectivity index (χ2v) is 5.89. The van der Waals surface area contributed by atoms with Crippen molar-refractivity contribution >= 4 is 17.5 Å². The molecule has 0 N–H and O–H groups in total. The van der Waals surface area contributed by atoms with Gasteiger partial charge in [0.25, 0.3) is 0 Å². The fraction of sp³-hybridized carbons (Fsp3) is 0.235. The Balaban J connectivity index is 2.11. The molecule has 0 amide bonds. The van der Waals surface area contributed by atoms with Crippen molar-refractivity contribution in [3.8, 4) is 11.5 Å². The summed E-state index contributed by atoms with van der Waals surface area (Å²) in [6.45, 7) is 1.91. The SMILES string of the molecule is COc1ccc(C(=O)C(C)Sc2ccccc2OC)cc1. The Morgan fingerprint density at radius 1 is 1.00 bits per heavy atom. The number of ketones is 1. The fourth-order valence-corrected chi connectivity index (χ4v) is 3.00. The molecule has 110 valence electrons. The molecule has 2 aromatic rings. The van der Waals surface area contributed by atoms with Crippen molar-refractivity contribution in [2.45, 2.75) is 17.1 Å². The fourth-order valence-electron chi connectivity index (χ4n) is 1.95. The lowest BCUT2D eigenvalue weighted by Crippen LogP contribution is -2.13. The van der Waals surface area contributed by atoms with Gasteiger partial charge >= 0.3 is 0 Å². The zero-order valence-corrected chi connectivity index (χ0v) is 13.1. The van der Waals surface area contributed by atoms with E-state index in [0.717, 1.165) is 16.4 Å². The van der Waals surface area contributed by atoms with Crippen LogP contribution in [0.3, 0.4) is 0 Å². The molecule has 21 heavy (non-hydrogen) atoms. The van der Waals surface area contributed by atoms with Gasteiger partial charge < -0.3 is 9.47 Å². The minimum Gasteiger partial charge on any atom is -0.497 e. The number of thioether (sulfide) groups is 1. The van der Waals surface area contributed by atoms with Gasteiger partial charge in [-0.15, -0.1) is 11.8 Å². The van der Waals surface area contributed by atoms with Crippen molar-refractivity contribution in [2.24, 2.45) is 0 Å². The van der Waals surface area contributed by atoms with Crippen LogP contribution in [0.4, 0.5) is 0 Å². The molecule has 1 atom stereocenters. The third-order valence-corrected chi connectivity index (χ3v) is 4.28. The first-order valence-corrected chi connectivity index (χ1v) is 7.51. The van der Waals surface area contributed by atoms with Crippen LogP contribution in [0.5, 0.6) is 11.5 Å². The summed E-state index contributed by atoms with van der Waals surface area (Å²) in [7, 11) is 3.24. The quantitative estimate of drug-likeness (QED) is 0.595. The van der Waals surface area contributed by atoms with E-state index in [-0.39, 0.29) is 11.0 Å². The summed E-state index contributed by atoms with van der Waals surface area (Å²) in [5.74, 6) is 1.63. The topological polar surface area (TPSA) is 35.5 Å². The highest BCUT2D eigenvalue weighted by atomic mass is 32.2. The Kier molecular flexibility index (Phi) is 5.28. The van der Waals surface area contributed by atoms with Crippen molar-refractivity contribution in [3.05, 3.63) is 54.1 Å². The summed E-state index contributed by atoms with van der Waals surface area (Å²) < 4.78 is 10.4. The van der Waals surface area contributed by atoms with Crippen LogP contribution in [0, 0.1) is 0 Å². The van der Waals surface area contributed by atoms with Crippen molar-refractivity contribution in [2.75, 3.05) is 14.2 Å². The molecule has 0 spiro atoms. The highest BCUT2D eigenvalue weighted by Crippen LogP contribution is 2.33. The molecule has 0 radical (unpaired) electrons. The van der Waals surface area contributed by atoms with Crippen molar-refractivity contribution in [3.63, 3.8) is 0 Å². The Labute approximate surface area is 129 Å². The third-order valence-electron chi connectivity index (χ3n) is 3.12. The van der Waals surface area contributed by atoms with E-state index in [1.807, 2.05) is 31.2 Å². The van der Waals surface area contributed by atoms with Gasteiger partial charge in [-0.3, -0.25) is 4.79 Å². The first-order valence-electron chi connectivity index (χ1n) is 6.63.